The molecule has 1 nitrogen and oxygen atoms in total. The van der Waals surface area contributed by atoms with Crippen molar-refractivity contribution in [2.45, 2.75) is 13.3 Å². The van der Waals surface area contributed by atoms with E-state index in [4.69, 9.17) is 11.6 Å². The predicted octanol–water partition coefficient (Wildman–Crippen LogP) is 4.08. The Morgan fingerprint density at radius 3 is 2.50 bits per heavy atom. The zero-order valence-corrected chi connectivity index (χ0v) is 10.1. The molecule has 1 aromatic rings. The van der Waals surface area contributed by atoms with Gasteiger partial charge in [0, 0.05) is 19.7 Å². The van der Waals surface area contributed by atoms with Crippen LogP contribution < -0.4 is 0 Å². The van der Waals surface area contributed by atoms with Gasteiger partial charge >= 0.3 is 0 Å². The van der Waals surface area contributed by atoms with Gasteiger partial charge in [-0.3, -0.25) is 4.79 Å². The molecule has 0 aliphatic carbocycles. The van der Waals surface area contributed by atoms with Gasteiger partial charge in [-0.05, 0) is 41.6 Å². The highest BCUT2D eigenvalue weighted by molar-refractivity contribution is 14.1. The Morgan fingerprint density at radius 2 is 2.07 bits per heavy atom. The third kappa shape index (κ3) is 2.42. The highest BCUT2D eigenvalue weighted by Gasteiger charge is 2.19. The summed E-state index contributed by atoms with van der Waals surface area (Å²) in [6.45, 7) is 1.24. The SMILES string of the molecule is CC(=O)c1cc(Cl)cc(I)c1C(F)F. The minimum absolute atomic E-state index is 0.00287. The molecule has 0 saturated heterocycles. The van der Waals surface area contributed by atoms with Gasteiger partial charge in [0.05, 0.1) is 0 Å². The van der Waals surface area contributed by atoms with E-state index in [-0.39, 0.29) is 11.1 Å². The molecule has 0 aromatic heterocycles. The fraction of sp³-hybridized carbons (Fsp3) is 0.222. The maximum Gasteiger partial charge on any atom is 0.265 e. The first-order chi connectivity index (χ1) is 6.43. The van der Waals surface area contributed by atoms with E-state index in [1.165, 1.54) is 19.1 Å². The van der Waals surface area contributed by atoms with Gasteiger partial charge in [-0.2, -0.15) is 0 Å². The van der Waals surface area contributed by atoms with Crippen LogP contribution in [-0.4, -0.2) is 5.78 Å². The summed E-state index contributed by atoms with van der Waals surface area (Å²) in [6.07, 6.45) is -2.65. The average molecular weight is 330 g/mol. The molecule has 76 valence electrons. The molecule has 0 aliphatic heterocycles. The first kappa shape index (κ1) is 11.8. The van der Waals surface area contributed by atoms with E-state index < -0.39 is 12.2 Å². The van der Waals surface area contributed by atoms with E-state index in [0.717, 1.165) is 0 Å². The fourth-order valence-corrected chi connectivity index (χ4v) is 2.36. The number of benzene rings is 1. The van der Waals surface area contributed by atoms with Crippen molar-refractivity contribution in [3.8, 4) is 0 Å². The standard InChI is InChI=1S/C9H6ClF2IO/c1-4(14)6-2-5(10)3-7(13)8(6)9(11)12/h2-3,9H,1H3. The van der Waals surface area contributed by atoms with Crippen LogP contribution in [0.4, 0.5) is 8.78 Å². The number of Topliss-reactive ketones (excluding diaryl/α,β-unsaturated/α-hetero) is 1. The van der Waals surface area contributed by atoms with Crippen LogP contribution in [0.15, 0.2) is 12.1 Å². The zero-order valence-electron chi connectivity index (χ0n) is 7.15. The Morgan fingerprint density at radius 1 is 1.50 bits per heavy atom. The minimum Gasteiger partial charge on any atom is -0.294 e. The van der Waals surface area contributed by atoms with Crippen LogP contribution in [0.1, 0.15) is 29.3 Å². The smallest absolute Gasteiger partial charge is 0.265 e. The Kier molecular flexibility index (Phi) is 3.83. The summed E-state index contributed by atoms with van der Waals surface area (Å²) in [4.78, 5) is 11.1. The Balaban J connectivity index is 3.44. The average Bonchev–Trinajstić information content (AvgIpc) is 2.01. The van der Waals surface area contributed by atoms with Gasteiger partial charge in [0.25, 0.3) is 6.43 Å². The Bertz CT molecular complexity index is 379. The second kappa shape index (κ2) is 4.53. The molecule has 1 rings (SSSR count). The molecule has 14 heavy (non-hydrogen) atoms. The van der Waals surface area contributed by atoms with Gasteiger partial charge in [0.2, 0.25) is 0 Å². The van der Waals surface area contributed by atoms with E-state index in [2.05, 4.69) is 0 Å². The third-order valence-electron chi connectivity index (χ3n) is 1.69. The van der Waals surface area contributed by atoms with Gasteiger partial charge in [0.1, 0.15) is 0 Å². The van der Waals surface area contributed by atoms with Gasteiger partial charge < -0.3 is 0 Å². The van der Waals surface area contributed by atoms with Gasteiger partial charge in [-0.15, -0.1) is 0 Å². The van der Waals surface area contributed by atoms with Crippen LogP contribution in [0, 0.1) is 3.57 Å². The van der Waals surface area contributed by atoms with Crippen LogP contribution in [0.2, 0.25) is 5.02 Å². The molecular weight excluding hydrogens is 324 g/mol. The number of hydrogen-bond acceptors (Lipinski definition) is 1. The van der Waals surface area contributed by atoms with Gasteiger partial charge in [-0.25, -0.2) is 8.78 Å². The molecule has 0 heterocycles. The molecule has 0 radical (unpaired) electrons. The minimum atomic E-state index is -2.65. The number of alkyl halides is 2. The normalized spacial score (nSPS) is 10.7. The zero-order chi connectivity index (χ0) is 10.9. The van der Waals surface area contributed by atoms with Crippen LogP contribution >= 0.6 is 34.2 Å². The van der Waals surface area contributed by atoms with Crippen LogP contribution in [0.25, 0.3) is 0 Å². The lowest BCUT2D eigenvalue weighted by Gasteiger charge is -2.08. The lowest BCUT2D eigenvalue weighted by Crippen LogP contribution is -2.02. The third-order valence-corrected chi connectivity index (χ3v) is 2.80. The summed E-state index contributed by atoms with van der Waals surface area (Å²) < 4.78 is 25.5. The van der Waals surface area contributed by atoms with E-state index in [1.54, 1.807) is 22.6 Å². The number of hydrogen-bond donors (Lipinski definition) is 0. The summed E-state index contributed by atoms with van der Waals surface area (Å²) in [5.74, 6) is -0.402. The first-order valence-corrected chi connectivity index (χ1v) is 5.17. The highest BCUT2D eigenvalue weighted by atomic mass is 127. The van der Waals surface area contributed by atoms with E-state index >= 15 is 0 Å². The van der Waals surface area contributed by atoms with Crippen LogP contribution in [-0.2, 0) is 0 Å². The fourth-order valence-electron chi connectivity index (χ4n) is 1.10. The van der Waals surface area contributed by atoms with Gasteiger partial charge in [-0.1, -0.05) is 11.6 Å². The molecule has 0 N–H and O–H groups in total. The van der Waals surface area contributed by atoms with Crippen molar-refractivity contribution in [3.63, 3.8) is 0 Å². The summed E-state index contributed by atoms with van der Waals surface area (Å²) in [7, 11) is 0. The molecule has 0 spiro atoms. The number of carbonyl (C=O) groups is 1. The van der Waals surface area contributed by atoms with Crippen molar-refractivity contribution >= 4 is 40.0 Å². The number of rotatable bonds is 2. The predicted molar refractivity (Wildman–Crippen MR) is 59.1 cm³/mol. The molecule has 1 aromatic carbocycles. The number of halogens is 4. The first-order valence-electron chi connectivity index (χ1n) is 3.71. The molecule has 0 amide bonds. The quantitative estimate of drug-likeness (QED) is 0.590. The van der Waals surface area contributed by atoms with Crippen molar-refractivity contribution < 1.29 is 13.6 Å². The molecule has 5 heteroatoms. The molecule has 0 bridgehead atoms. The maximum absolute atomic E-state index is 12.6. The second-order valence-corrected chi connectivity index (χ2v) is 4.30. The van der Waals surface area contributed by atoms with E-state index in [9.17, 15) is 13.6 Å². The molecule has 0 unspecified atom stereocenters. The molecule has 0 aliphatic rings. The molecule has 0 atom stereocenters. The maximum atomic E-state index is 12.6. The summed E-state index contributed by atoms with van der Waals surface area (Å²) in [5, 5.41) is 0.295. The molecule has 0 fully saturated rings. The highest BCUT2D eigenvalue weighted by Crippen LogP contribution is 2.31. The summed E-state index contributed by atoms with van der Waals surface area (Å²) in [5.41, 5.74) is -0.237. The number of ketones is 1. The number of carbonyl (C=O) groups excluding carboxylic acids is 1. The lowest BCUT2D eigenvalue weighted by atomic mass is 10.1. The molecular formula is C9H6ClF2IO. The Labute approximate surface area is 98.6 Å². The van der Waals surface area contributed by atoms with Crippen molar-refractivity contribution in [2.75, 3.05) is 0 Å². The largest absolute Gasteiger partial charge is 0.294 e. The molecule has 0 saturated carbocycles. The van der Waals surface area contributed by atoms with Crippen molar-refractivity contribution in [1.82, 2.24) is 0 Å². The summed E-state index contributed by atoms with van der Waals surface area (Å²) in [6, 6.07) is 2.68. The lowest BCUT2D eigenvalue weighted by molar-refractivity contribution is 0.0998. The van der Waals surface area contributed by atoms with E-state index in [0.29, 0.717) is 8.59 Å². The van der Waals surface area contributed by atoms with Crippen molar-refractivity contribution in [2.24, 2.45) is 0 Å². The van der Waals surface area contributed by atoms with Gasteiger partial charge in [0.15, 0.2) is 5.78 Å². The van der Waals surface area contributed by atoms with Crippen LogP contribution in [0.5, 0.6) is 0 Å². The van der Waals surface area contributed by atoms with E-state index in [1.807, 2.05) is 0 Å². The second-order valence-electron chi connectivity index (χ2n) is 2.71. The van der Waals surface area contributed by atoms with Crippen molar-refractivity contribution in [3.05, 3.63) is 31.9 Å². The summed E-state index contributed by atoms with van der Waals surface area (Å²) >= 11 is 7.41. The van der Waals surface area contributed by atoms with Crippen LogP contribution in [0.3, 0.4) is 0 Å². The monoisotopic (exact) mass is 330 g/mol. The van der Waals surface area contributed by atoms with Crippen molar-refractivity contribution in [1.29, 1.82) is 0 Å². The topological polar surface area (TPSA) is 17.1 Å². The Hall–Kier alpha value is -0.230.